The normalized spacial score (nSPS) is 12.3. The molecule has 2 N–H and O–H groups in total. The summed E-state index contributed by atoms with van der Waals surface area (Å²) in [5.41, 5.74) is 2.40. The Morgan fingerprint density at radius 2 is 1.88 bits per heavy atom. The summed E-state index contributed by atoms with van der Waals surface area (Å²) in [5.74, 6) is 0.601. The number of aromatic amines is 1. The SMILES string of the molecule is O[C@@H](c1ccc(Cl)cc1)c1cc(-c2ccnc(Cl)c2)sc1-c1nnc[nH]1. The van der Waals surface area contributed by atoms with E-state index in [9.17, 15) is 5.11 Å². The highest BCUT2D eigenvalue weighted by molar-refractivity contribution is 7.19. The Balaban J connectivity index is 1.83. The van der Waals surface area contributed by atoms with Gasteiger partial charge in [-0.25, -0.2) is 4.98 Å². The van der Waals surface area contributed by atoms with Crippen molar-refractivity contribution in [3.05, 3.63) is 76.3 Å². The summed E-state index contributed by atoms with van der Waals surface area (Å²) in [6, 6.07) is 12.7. The van der Waals surface area contributed by atoms with Crippen molar-refractivity contribution in [1.29, 1.82) is 0 Å². The van der Waals surface area contributed by atoms with Crippen LogP contribution in [0.1, 0.15) is 17.2 Å². The van der Waals surface area contributed by atoms with Gasteiger partial charge < -0.3 is 10.1 Å². The van der Waals surface area contributed by atoms with Crippen molar-refractivity contribution in [2.75, 3.05) is 0 Å². The molecule has 3 heterocycles. The quantitative estimate of drug-likeness (QED) is 0.471. The number of nitrogens with one attached hydrogen (secondary N) is 1. The molecule has 0 aliphatic heterocycles. The van der Waals surface area contributed by atoms with Crippen LogP contribution in [0.3, 0.4) is 0 Å². The monoisotopic (exact) mass is 402 g/mol. The van der Waals surface area contributed by atoms with Crippen LogP contribution in [0.2, 0.25) is 10.2 Å². The van der Waals surface area contributed by atoms with Gasteiger partial charge in [0, 0.05) is 21.7 Å². The minimum atomic E-state index is -0.824. The first-order chi connectivity index (χ1) is 12.6. The standard InChI is InChI=1S/C18H12Cl2N4OS/c19-12-3-1-10(2-4-12)16(25)13-8-14(11-5-6-21-15(20)7-11)26-17(13)18-22-9-23-24-18/h1-9,16,25H,(H,22,23,24)/t16-/m0/s1. The number of hydrogen-bond donors (Lipinski definition) is 2. The van der Waals surface area contributed by atoms with E-state index < -0.39 is 6.10 Å². The summed E-state index contributed by atoms with van der Waals surface area (Å²) in [7, 11) is 0. The Hall–Kier alpha value is -2.25. The summed E-state index contributed by atoms with van der Waals surface area (Å²) in [6.07, 6.45) is 2.34. The first-order valence-electron chi connectivity index (χ1n) is 7.67. The van der Waals surface area contributed by atoms with Gasteiger partial charge in [-0.2, -0.15) is 0 Å². The molecule has 4 aromatic rings. The lowest BCUT2D eigenvalue weighted by atomic mass is 10.0. The minimum Gasteiger partial charge on any atom is -0.384 e. The molecule has 4 rings (SSSR count). The second-order valence-corrected chi connectivity index (χ2v) is 7.43. The first kappa shape index (κ1) is 17.2. The van der Waals surface area contributed by atoms with Gasteiger partial charge in [0.2, 0.25) is 0 Å². The number of benzene rings is 1. The molecule has 1 atom stereocenters. The Kier molecular flexibility index (Phi) is 4.74. The minimum absolute atomic E-state index is 0.414. The summed E-state index contributed by atoms with van der Waals surface area (Å²) in [5, 5.41) is 19.9. The molecule has 130 valence electrons. The van der Waals surface area contributed by atoms with E-state index in [0.717, 1.165) is 26.4 Å². The van der Waals surface area contributed by atoms with Gasteiger partial charge in [-0.05, 0) is 41.5 Å². The maximum absolute atomic E-state index is 10.9. The number of nitrogens with zero attached hydrogens (tertiary/aromatic N) is 3. The second-order valence-electron chi connectivity index (χ2n) is 5.55. The van der Waals surface area contributed by atoms with Crippen molar-refractivity contribution in [2.45, 2.75) is 6.10 Å². The molecule has 0 bridgehead atoms. The Morgan fingerprint density at radius 3 is 2.58 bits per heavy atom. The molecule has 0 radical (unpaired) electrons. The molecule has 0 unspecified atom stereocenters. The van der Waals surface area contributed by atoms with Crippen LogP contribution in [0, 0.1) is 0 Å². The molecule has 1 aromatic carbocycles. The van der Waals surface area contributed by atoms with Crippen molar-refractivity contribution in [3.63, 3.8) is 0 Å². The number of halogens is 2. The van der Waals surface area contributed by atoms with Crippen LogP contribution in [0.5, 0.6) is 0 Å². The summed E-state index contributed by atoms with van der Waals surface area (Å²) < 4.78 is 0. The third-order valence-electron chi connectivity index (χ3n) is 3.88. The van der Waals surface area contributed by atoms with Crippen molar-refractivity contribution in [2.24, 2.45) is 0 Å². The van der Waals surface area contributed by atoms with Crippen LogP contribution in [0.4, 0.5) is 0 Å². The maximum atomic E-state index is 10.9. The highest BCUT2D eigenvalue weighted by Gasteiger charge is 2.22. The topological polar surface area (TPSA) is 74.7 Å². The van der Waals surface area contributed by atoms with E-state index >= 15 is 0 Å². The Bertz CT molecular complexity index is 1030. The molecule has 0 fully saturated rings. The number of H-pyrrole nitrogens is 1. The van der Waals surface area contributed by atoms with Crippen LogP contribution in [-0.2, 0) is 0 Å². The first-order valence-corrected chi connectivity index (χ1v) is 9.24. The van der Waals surface area contributed by atoms with E-state index in [1.54, 1.807) is 36.5 Å². The highest BCUT2D eigenvalue weighted by atomic mass is 35.5. The zero-order valence-electron chi connectivity index (χ0n) is 13.2. The molecule has 0 saturated carbocycles. The molecule has 5 nitrogen and oxygen atoms in total. The molecule has 0 aliphatic carbocycles. The smallest absolute Gasteiger partial charge is 0.171 e. The zero-order chi connectivity index (χ0) is 18.1. The van der Waals surface area contributed by atoms with Crippen molar-refractivity contribution >= 4 is 34.5 Å². The van der Waals surface area contributed by atoms with Gasteiger partial charge in [-0.15, -0.1) is 21.5 Å². The molecule has 0 spiro atoms. The lowest BCUT2D eigenvalue weighted by molar-refractivity contribution is 0.221. The van der Waals surface area contributed by atoms with Crippen LogP contribution in [0.15, 0.2) is 55.0 Å². The van der Waals surface area contributed by atoms with Gasteiger partial charge >= 0.3 is 0 Å². The largest absolute Gasteiger partial charge is 0.384 e. The Labute approximate surface area is 163 Å². The van der Waals surface area contributed by atoms with Crippen LogP contribution >= 0.6 is 34.5 Å². The maximum Gasteiger partial charge on any atom is 0.171 e. The molecule has 0 aliphatic rings. The molecule has 0 amide bonds. The van der Waals surface area contributed by atoms with Gasteiger partial charge in [-0.3, -0.25) is 0 Å². The third kappa shape index (κ3) is 3.37. The van der Waals surface area contributed by atoms with Gasteiger partial charge in [0.25, 0.3) is 0 Å². The number of thiophene rings is 1. The summed E-state index contributed by atoms with van der Waals surface area (Å²) >= 11 is 13.5. The van der Waals surface area contributed by atoms with E-state index in [0.29, 0.717) is 16.0 Å². The number of aliphatic hydroxyl groups is 1. The van der Waals surface area contributed by atoms with E-state index in [1.165, 1.54) is 17.7 Å². The summed E-state index contributed by atoms with van der Waals surface area (Å²) in [4.78, 5) is 8.78. The van der Waals surface area contributed by atoms with Crippen molar-refractivity contribution in [1.82, 2.24) is 20.2 Å². The molecule has 3 aromatic heterocycles. The number of rotatable bonds is 4. The Morgan fingerprint density at radius 1 is 1.08 bits per heavy atom. The van der Waals surface area contributed by atoms with E-state index in [1.807, 2.05) is 12.1 Å². The molecular weight excluding hydrogens is 391 g/mol. The highest BCUT2D eigenvalue weighted by Crippen LogP contribution is 2.41. The fourth-order valence-corrected chi connectivity index (χ4v) is 4.07. The summed E-state index contributed by atoms with van der Waals surface area (Å²) in [6.45, 7) is 0. The lowest BCUT2D eigenvalue weighted by Gasteiger charge is -2.11. The van der Waals surface area contributed by atoms with Crippen molar-refractivity contribution < 1.29 is 5.11 Å². The number of pyridine rings is 1. The molecule has 0 saturated heterocycles. The van der Waals surface area contributed by atoms with E-state index in [-0.39, 0.29) is 0 Å². The number of aliphatic hydroxyl groups excluding tert-OH is 1. The lowest BCUT2D eigenvalue weighted by Crippen LogP contribution is -2.00. The average molecular weight is 403 g/mol. The van der Waals surface area contributed by atoms with Gasteiger partial charge in [0.05, 0.1) is 4.88 Å². The van der Waals surface area contributed by atoms with Gasteiger partial charge in [0.15, 0.2) is 5.82 Å². The molecular formula is C18H12Cl2N4OS. The zero-order valence-corrected chi connectivity index (χ0v) is 15.6. The molecule has 26 heavy (non-hydrogen) atoms. The van der Waals surface area contributed by atoms with Crippen LogP contribution in [0.25, 0.3) is 21.1 Å². The fraction of sp³-hybridized carbons (Fsp3) is 0.0556. The van der Waals surface area contributed by atoms with Gasteiger partial charge in [-0.1, -0.05) is 35.3 Å². The predicted molar refractivity (Wildman–Crippen MR) is 103 cm³/mol. The van der Waals surface area contributed by atoms with Crippen LogP contribution in [-0.4, -0.2) is 25.3 Å². The number of aromatic nitrogens is 4. The third-order valence-corrected chi connectivity index (χ3v) is 5.55. The van der Waals surface area contributed by atoms with E-state index in [2.05, 4.69) is 20.2 Å². The fourth-order valence-electron chi connectivity index (χ4n) is 2.63. The van der Waals surface area contributed by atoms with E-state index in [4.69, 9.17) is 23.2 Å². The van der Waals surface area contributed by atoms with Crippen molar-refractivity contribution in [3.8, 4) is 21.1 Å². The van der Waals surface area contributed by atoms with Crippen LogP contribution < -0.4 is 0 Å². The molecule has 8 heteroatoms. The number of hydrogen-bond acceptors (Lipinski definition) is 5. The predicted octanol–water partition coefficient (Wildman–Crippen LogP) is 4.98. The van der Waals surface area contributed by atoms with Gasteiger partial charge in [0.1, 0.15) is 17.6 Å². The average Bonchev–Trinajstić information content (AvgIpc) is 3.31. The second kappa shape index (κ2) is 7.17.